The molecule has 304 valence electrons. The Morgan fingerprint density at radius 2 is 0.538 bits per heavy atom. The molecule has 12 aromatic carbocycles. The fraction of sp³-hybridized carbons (Fsp3) is 0. The predicted octanol–water partition coefficient (Wildman–Crippen LogP) is 18.1. The lowest BCUT2D eigenvalue weighted by atomic mass is 9.80. The first-order valence-corrected chi connectivity index (χ1v) is 22.4. The van der Waals surface area contributed by atoms with Crippen molar-refractivity contribution in [2.24, 2.45) is 0 Å². The molecule has 0 aromatic heterocycles. The third-order valence-electron chi connectivity index (χ3n) is 13.1. The summed E-state index contributed by atoms with van der Waals surface area (Å²) in [5.74, 6) is 0. The second-order valence-electron chi connectivity index (χ2n) is 16.7. The van der Waals surface area contributed by atoms with Crippen molar-refractivity contribution in [3.8, 4) is 55.6 Å². The lowest BCUT2D eigenvalue weighted by molar-refractivity contribution is 1.28. The quantitative estimate of drug-likeness (QED) is 0.109. The summed E-state index contributed by atoms with van der Waals surface area (Å²) in [5.41, 5.74) is 15.3. The minimum Gasteiger partial charge on any atom is -0.309 e. The van der Waals surface area contributed by atoms with Gasteiger partial charge in [0.05, 0.1) is 11.4 Å². The van der Waals surface area contributed by atoms with Crippen molar-refractivity contribution in [3.63, 3.8) is 0 Å². The van der Waals surface area contributed by atoms with Crippen molar-refractivity contribution in [1.29, 1.82) is 0 Å². The van der Waals surface area contributed by atoms with Gasteiger partial charge in [-0.25, -0.2) is 0 Å². The van der Waals surface area contributed by atoms with Gasteiger partial charge in [0.1, 0.15) is 0 Å². The van der Waals surface area contributed by atoms with E-state index in [1.54, 1.807) is 0 Å². The number of rotatable bonds is 8. The first-order valence-electron chi connectivity index (χ1n) is 22.4. The average molecular weight is 826 g/mol. The van der Waals surface area contributed by atoms with Crippen molar-refractivity contribution in [1.82, 2.24) is 0 Å². The smallest absolute Gasteiger partial charge is 0.0540 e. The number of para-hydroxylation sites is 2. The molecule has 0 amide bonds. The maximum absolute atomic E-state index is 2.44. The lowest BCUT2D eigenvalue weighted by Gasteiger charge is -2.30. The standard InChI is InChI=1S/C64H43N/c1-4-22-44(23-5-1)49-28-10-13-33-54(49)62-58-37-17-16-36-57(58)61(63-55-34-14-11-31-52(55)53-32-12-15-35-56(53)64(62)63)47-40-42-48(43-41-47)65(59-38-20-18-29-50(59)45-24-6-2-7-25-45)60-39-21-19-30-51(60)46-26-8-3-9-27-46/h1-43H. The highest BCUT2D eigenvalue weighted by atomic mass is 15.1. The van der Waals surface area contributed by atoms with Crippen LogP contribution in [-0.2, 0) is 0 Å². The van der Waals surface area contributed by atoms with E-state index in [1.165, 1.54) is 98.7 Å². The zero-order valence-corrected chi connectivity index (χ0v) is 35.8. The van der Waals surface area contributed by atoms with E-state index < -0.39 is 0 Å². The molecular weight excluding hydrogens is 783 g/mol. The van der Waals surface area contributed by atoms with Crippen molar-refractivity contribution < 1.29 is 0 Å². The van der Waals surface area contributed by atoms with Gasteiger partial charge in [0, 0.05) is 16.8 Å². The molecule has 0 saturated heterocycles. The summed E-state index contributed by atoms with van der Waals surface area (Å²) in [6, 6.07) is 95.2. The normalized spacial score (nSPS) is 11.4. The molecule has 0 spiro atoms. The molecule has 1 nitrogen and oxygen atoms in total. The zero-order valence-electron chi connectivity index (χ0n) is 35.8. The Hall–Kier alpha value is -8.52. The van der Waals surface area contributed by atoms with Crippen LogP contribution in [0.25, 0.3) is 98.7 Å². The summed E-state index contributed by atoms with van der Waals surface area (Å²) in [7, 11) is 0. The molecule has 0 aliphatic rings. The van der Waals surface area contributed by atoms with Crippen LogP contribution in [0.4, 0.5) is 17.1 Å². The van der Waals surface area contributed by atoms with Crippen molar-refractivity contribution >= 4 is 60.2 Å². The maximum Gasteiger partial charge on any atom is 0.0540 e. The van der Waals surface area contributed by atoms with Gasteiger partial charge in [-0.3, -0.25) is 0 Å². The first-order chi connectivity index (χ1) is 32.3. The first kappa shape index (κ1) is 38.2. The fourth-order valence-corrected chi connectivity index (χ4v) is 10.2. The van der Waals surface area contributed by atoms with E-state index in [0.717, 1.165) is 17.1 Å². The Bertz CT molecular complexity index is 3600. The van der Waals surface area contributed by atoms with E-state index in [0.29, 0.717) is 0 Å². The van der Waals surface area contributed by atoms with E-state index >= 15 is 0 Å². The van der Waals surface area contributed by atoms with E-state index in [-0.39, 0.29) is 0 Å². The minimum atomic E-state index is 1.08. The molecule has 0 heterocycles. The Kier molecular flexibility index (Phi) is 9.58. The second-order valence-corrected chi connectivity index (χ2v) is 16.7. The Balaban J connectivity index is 1.15. The van der Waals surface area contributed by atoms with Crippen molar-refractivity contribution in [2.75, 3.05) is 4.90 Å². The van der Waals surface area contributed by atoms with Crippen molar-refractivity contribution in [2.45, 2.75) is 0 Å². The summed E-state index contributed by atoms with van der Waals surface area (Å²) in [6.45, 7) is 0. The minimum absolute atomic E-state index is 1.08. The molecule has 0 bridgehead atoms. The summed E-state index contributed by atoms with van der Waals surface area (Å²) in [6.07, 6.45) is 0. The number of anilines is 3. The van der Waals surface area contributed by atoms with Crippen LogP contribution in [0, 0.1) is 0 Å². The highest BCUT2D eigenvalue weighted by Gasteiger charge is 2.25. The molecule has 0 radical (unpaired) electrons. The van der Waals surface area contributed by atoms with Gasteiger partial charge >= 0.3 is 0 Å². The van der Waals surface area contributed by atoms with Crippen molar-refractivity contribution in [3.05, 3.63) is 261 Å². The molecule has 0 aliphatic heterocycles. The third kappa shape index (κ3) is 6.56. The van der Waals surface area contributed by atoms with Gasteiger partial charge in [0.2, 0.25) is 0 Å². The van der Waals surface area contributed by atoms with E-state index in [2.05, 4.69) is 266 Å². The van der Waals surface area contributed by atoms with E-state index in [1.807, 2.05) is 0 Å². The Morgan fingerprint density at radius 1 is 0.200 bits per heavy atom. The highest BCUT2D eigenvalue weighted by molar-refractivity contribution is 6.37. The van der Waals surface area contributed by atoms with Crippen LogP contribution in [0.15, 0.2) is 261 Å². The Morgan fingerprint density at radius 3 is 1.03 bits per heavy atom. The fourth-order valence-electron chi connectivity index (χ4n) is 10.2. The molecule has 0 unspecified atom stereocenters. The van der Waals surface area contributed by atoms with Gasteiger partial charge < -0.3 is 4.90 Å². The molecule has 65 heavy (non-hydrogen) atoms. The molecule has 1 heteroatoms. The van der Waals surface area contributed by atoms with Crippen LogP contribution in [0.5, 0.6) is 0 Å². The molecule has 0 N–H and O–H groups in total. The van der Waals surface area contributed by atoms with Gasteiger partial charge in [-0.15, -0.1) is 0 Å². The van der Waals surface area contributed by atoms with E-state index in [4.69, 9.17) is 0 Å². The Labute approximate surface area is 379 Å². The monoisotopic (exact) mass is 825 g/mol. The SMILES string of the molecule is c1ccc(-c2ccccc2-c2c3ccccc3c(-c3ccc(N(c4ccccc4-c4ccccc4)c4ccccc4-c4ccccc4)cc3)c3c4ccccc4c4ccccc4c23)cc1. The predicted molar refractivity (Wildman–Crippen MR) is 278 cm³/mol. The summed E-state index contributed by atoms with van der Waals surface area (Å²) in [5, 5.41) is 10.0. The number of hydrogen-bond donors (Lipinski definition) is 0. The van der Waals surface area contributed by atoms with Crippen LogP contribution in [0.1, 0.15) is 0 Å². The zero-order chi connectivity index (χ0) is 43.1. The number of benzene rings is 12. The van der Waals surface area contributed by atoms with Gasteiger partial charge in [0.25, 0.3) is 0 Å². The number of fused-ring (bicyclic) bond motifs is 7. The summed E-state index contributed by atoms with van der Waals surface area (Å²) < 4.78 is 0. The third-order valence-corrected chi connectivity index (χ3v) is 13.1. The van der Waals surface area contributed by atoms with Gasteiger partial charge in [0.15, 0.2) is 0 Å². The number of hydrogen-bond acceptors (Lipinski definition) is 1. The molecule has 0 atom stereocenters. The van der Waals surface area contributed by atoms with Crippen LogP contribution >= 0.6 is 0 Å². The van der Waals surface area contributed by atoms with Crippen LogP contribution < -0.4 is 4.90 Å². The van der Waals surface area contributed by atoms with Gasteiger partial charge in [-0.2, -0.15) is 0 Å². The summed E-state index contributed by atoms with van der Waals surface area (Å²) >= 11 is 0. The van der Waals surface area contributed by atoms with E-state index in [9.17, 15) is 0 Å². The highest BCUT2D eigenvalue weighted by Crippen LogP contribution is 2.52. The lowest BCUT2D eigenvalue weighted by Crippen LogP contribution is -2.12. The van der Waals surface area contributed by atoms with Gasteiger partial charge in [-0.05, 0) is 112 Å². The molecule has 12 aromatic rings. The summed E-state index contributed by atoms with van der Waals surface area (Å²) in [4.78, 5) is 2.44. The van der Waals surface area contributed by atoms with Crippen LogP contribution in [0.2, 0.25) is 0 Å². The molecule has 0 aliphatic carbocycles. The molecule has 0 fully saturated rings. The second kappa shape index (κ2) is 16.3. The molecular formula is C64H43N. The largest absolute Gasteiger partial charge is 0.309 e. The maximum atomic E-state index is 2.44. The van der Waals surface area contributed by atoms with Gasteiger partial charge in [-0.1, -0.05) is 237 Å². The topological polar surface area (TPSA) is 3.24 Å². The average Bonchev–Trinajstić information content (AvgIpc) is 3.39. The number of nitrogens with zero attached hydrogens (tertiary/aromatic N) is 1. The molecule has 12 rings (SSSR count). The molecule has 0 saturated carbocycles. The van der Waals surface area contributed by atoms with Crippen LogP contribution in [0.3, 0.4) is 0 Å². The van der Waals surface area contributed by atoms with Crippen LogP contribution in [-0.4, -0.2) is 0 Å².